The van der Waals surface area contributed by atoms with Crippen LogP contribution in [0.15, 0.2) is 36.4 Å². The molecule has 1 heterocycles. The van der Waals surface area contributed by atoms with E-state index in [9.17, 15) is 5.11 Å². The summed E-state index contributed by atoms with van der Waals surface area (Å²) in [5.41, 5.74) is 1.35. The SMILES string of the molecule is CC(C)C[C@@H](c1ccc(O)c2ccccc12)N1CCNCC1. The molecule has 3 rings (SSSR count). The van der Waals surface area contributed by atoms with E-state index >= 15 is 0 Å². The van der Waals surface area contributed by atoms with Crippen molar-refractivity contribution in [3.63, 3.8) is 0 Å². The average Bonchev–Trinajstić information content (AvgIpc) is 2.54. The molecule has 1 saturated heterocycles. The van der Waals surface area contributed by atoms with E-state index in [1.807, 2.05) is 18.2 Å². The highest BCUT2D eigenvalue weighted by molar-refractivity contribution is 5.91. The molecule has 22 heavy (non-hydrogen) atoms. The van der Waals surface area contributed by atoms with Gasteiger partial charge in [-0.1, -0.05) is 44.2 Å². The fourth-order valence-electron chi connectivity index (χ4n) is 3.51. The average molecular weight is 298 g/mol. The number of fused-ring (bicyclic) bond motifs is 1. The Hall–Kier alpha value is -1.58. The molecule has 0 amide bonds. The summed E-state index contributed by atoms with van der Waals surface area (Å²) in [7, 11) is 0. The van der Waals surface area contributed by atoms with Crippen LogP contribution in [-0.2, 0) is 0 Å². The molecule has 2 N–H and O–H groups in total. The molecule has 2 aromatic rings. The highest BCUT2D eigenvalue weighted by Crippen LogP contribution is 2.36. The number of benzene rings is 2. The first kappa shape index (κ1) is 15.3. The Morgan fingerprint density at radius 3 is 2.41 bits per heavy atom. The highest BCUT2D eigenvalue weighted by atomic mass is 16.3. The van der Waals surface area contributed by atoms with Crippen molar-refractivity contribution < 1.29 is 5.11 Å². The number of aromatic hydroxyl groups is 1. The van der Waals surface area contributed by atoms with E-state index in [0.29, 0.717) is 17.7 Å². The van der Waals surface area contributed by atoms with E-state index < -0.39 is 0 Å². The standard InChI is InChI=1S/C19H26N2O/c1-14(2)13-18(21-11-9-20-10-12-21)16-7-8-19(22)17-6-4-3-5-15(16)17/h3-8,14,18,20,22H,9-13H2,1-2H3/t18-/m0/s1. The molecular formula is C19H26N2O. The highest BCUT2D eigenvalue weighted by Gasteiger charge is 2.24. The molecule has 3 heteroatoms. The van der Waals surface area contributed by atoms with Crippen LogP contribution >= 0.6 is 0 Å². The molecule has 1 fully saturated rings. The Labute approximate surface area is 132 Å². The second-order valence-corrected chi connectivity index (χ2v) is 6.65. The van der Waals surface area contributed by atoms with Crippen LogP contribution in [0.1, 0.15) is 31.9 Å². The lowest BCUT2D eigenvalue weighted by atomic mass is 9.91. The summed E-state index contributed by atoms with van der Waals surface area (Å²) in [5, 5.41) is 15.7. The van der Waals surface area contributed by atoms with Crippen molar-refractivity contribution in [2.24, 2.45) is 5.92 Å². The third-order valence-electron chi connectivity index (χ3n) is 4.58. The number of hydrogen-bond acceptors (Lipinski definition) is 3. The van der Waals surface area contributed by atoms with Gasteiger partial charge < -0.3 is 10.4 Å². The van der Waals surface area contributed by atoms with Crippen molar-refractivity contribution in [3.8, 4) is 5.75 Å². The van der Waals surface area contributed by atoms with E-state index in [-0.39, 0.29) is 0 Å². The minimum atomic E-state index is 0.378. The molecule has 1 aliphatic rings. The molecule has 0 bridgehead atoms. The van der Waals surface area contributed by atoms with Crippen molar-refractivity contribution in [1.29, 1.82) is 0 Å². The lowest BCUT2D eigenvalue weighted by Crippen LogP contribution is -2.45. The van der Waals surface area contributed by atoms with Crippen molar-refractivity contribution in [3.05, 3.63) is 42.0 Å². The monoisotopic (exact) mass is 298 g/mol. The van der Waals surface area contributed by atoms with Gasteiger partial charge in [0.1, 0.15) is 5.75 Å². The molecule has 0 unspecified atom stereocenters. The van der Waals surface area contributed by atoms with Crippen LogP contribution in [0.25, 0.3) is 10.8 Å². The van der Waals surface area contributed by atoms with Crippen LogP contribution in [0, 0.1) is 5.92 Å². The van der Waals surface area contributed by atoms with Crippen LogP contribution in [-0.4, -0.2) is 36.2 Å². The van der Waals surface area contributed by atoms with Gasteiger partial charge in [0.15, 0.2) is 0 Å². The van der Waals surface area contributed by atoms with Crippen molar-refractivity contribution >= 4 is 10.8 Å². The summed E-state index contributed by atoms with van der Waals surface area (Å²) in [6, 6.07) is 12.6. The molecule has 2 aromatic carbocycles. The first-order valence-corrected chi connectivity index (χ1v) is 8.32. The molecular weight excluding hydrogens is 272 g/mol. The maximum atomic E-state index is 10.1. The number of piperazine rings is 1. The van der Waals surface area contributed by atoms with E-state index in [1.54, 1.807) is 0 Å². The Bertz CT molecular complexity index is 632. The summed E-state index contributed by atoms with van der Waals surface area (Å²) < 4.78 is 0. The normalized spacial score (nSPS) is 18.0. The quantitative estimate of drug-likeness (QED) is 0.906. The Morgan fingerprint density at radius 2 is 1.73 bits per heavy atom. The first-order valence-electron chi connectivity index (χ1n) is 8.32. The zero-order valence-corrected chi connectivity index (χ0v) is 13.5. The van der Waals surface area contributed by atoms with Crippen LogP contribution in [0.5, 0.6) is 5.75 Å². The minimum absolute atomic E-state index is 0.378. The summed E-state index contributed by atoms with van der Waals surface area (Å²) >= 11 is 0. The minimum Gasteiger partial charge on any atom is -0.507 e. The summed E-state index contributed by atoms with van der Waals surface area (Å²) in [4.78, 5) is 2.59. The van der Waals surface area contributed by atoms with Gasteiger partial charge in [-0.3, -0.25) is 4.90 Å². The summed E-state index contributed by atoms with van der Waals surface area (Å²) in [6.45, 7) is 8.88. The lowest BCUT2D eigenvalue weighted by molar-refractivity contribution is 0.155. The second-order valence-electron chi connectivity index (χ2n) is 6.65. The van der Waals surface area contributed by atoms with Crippen molar-refractivity contribution in [2.45, 2.75) is 26.3 Å². The Balaban J connectivity index is 2.05. The molecule has 0 saturated carbocycles. The van der Waals surface area contributed by atoms with Gasteiger partial charge in [-0.25, -0.2) is 0 Å². The zero-order chi connectivity index (χ0) is 15.5. The number of nitrogens with one attached hydrogen (secondary N) is 1. The number of phenolic OH excluding ortho intramolecular Hbond substituents is 1. The number of nitrogens with zero attached hydrogens (tertiary/aromatic N) is 1. The molecule has 0 aromatic heterocycles. The second kappa shape index (κ2) is 6.67. The van der Waals surface area contributed by atoms with Crippen LogP contribution in [0.3, 0.4) is 0 Å². The van der Waals surface area contributed by atoms with Gasteiger partial charge in [-0.15, -0.1) is 0 Å². The summed E-state index contributed by atoms with van der Waals surface area (Å²) in [6.07, 6.45) is 1.15. The number of rotatable bonds is 4. The summed E-state index contributed by atoms with van der Waals surface area (Å²) in [5.74, 6) is 1.02. The third kappa shape index (κ3) is 3.11. The number of hydrogen-bond donors (Lipinski definition) is 2. The van der Waals surface area contributed by atoms with Crippen molar-refractivity contribution in [2.75, 3.05) is 26.2 Å². The fraction of sp³-hybridized carbons (Fsp3) is 0.474. The van der Waals surface area contributed by atoms with Gasteiger partial charge >= 0.3 is 0 Å². The largest absolute Gasteiger partial charge is 0.507 e. The molecule has 118 valence electrons. The van der Waals surface area contributed by atoms with Gasteiger partial charge in [0.25, 0.3) is 0 Å². The molecule has 0 radical (unpaired) electrons. The fourth-order valence-corrected chi connectivity index (χ4v) is 3.51. The third-order valence-corrected chi connectivity index (χ3v) is 4.58. The van der Waals surface area contributed by atoms with Gasteiger partial charge in [0.2, 0.25) is 0 Å². The zero-order valence-electron chi connectivity index (χ0n) is 13.5. The van der Waals surface area contributed by atoms with Crippen LogP contribution in [0.2, 0.25) is 0 Å². The Kier molecular flexibility index (Phi) is 4.65. The first-order chi connectivity index (χ1) is 10.7. The molecule has 3 nitrogen and oxygen atoms in total. The maximum absolute atomic E-state index is 10.1. The van der Waals surface area contributed by atoms with E-state index in [4.69, 9.17) is 0 Å². The Morgan fingerprint density at radius 1 is 1.05 bits per heavy atom. The topological polar surface area (TPSA) is 35.5 Å². The van der Waals surface area contributed by atoms with Crippen molar-refractivity contribution in [1.82, 2.24) is 10.2 Å². The number of phenols is 1. The predicted molar refractivity (Wildman–Crippen MR) is 92.3 cm³/mol. The maximum Gasteiger partial charge on any atom is 0.123 e. The smallest absolute Gasteiger partial charge is 0.123 e. The predicted octanol–water partition coefficient (Wildman–Crippen LogP) is 3.54. The lowest BCUT2D eigenvalue weighted by Gasteiger charge is -2.36. The molecule has 0 spiro atoms. The van der Waals surface area contributed by atoms with Crippen LogP contribution in [0.4, 0.5) is 0 Å². The van der Waals surface area contributed by atoms with Gasteiger partial charge in [-0.05, 0) is 29.4 Å². The molecule has 1 aliphatic heterocycles. The van der Waals surface area contributed by atoms with E-state index in [1.165, 1.54) is 10.9 Å². The van der Waals surface area contributed by atoms with Gasteiger partial charge in [0.05, 0.1) is 0 Å². The van der Waals surface area contributed by atoms with E-state index in [0.717, 1.165) is 38.0 Å². The van der Waals surface area contributed by atoms with Gasteiger partial charge in [-0.2, -0.15) is 0 Å². The molecule has 1 atom stereocenters. The van der Waals surface area contributed by atoms with Crippen LogP contribution < -0.4 is 5.32 Å². The van der Waals surface area contributed by atoms with E-state index in [2.05, 4.69) is 42.3 Å². The van der Waals surface area contributed by atoms with Gasteiger partial charge in [0, 0.05) is 37.6 Å². The molecule has 0 aliphatic carbocycles.